The third kappa shape index (κ3) is 5.99. The van der Waals surface area contributed by atoms with E-state index in [0.29, 0.717) is 30.9 Å². The molecule has 0 aliphatic carbocycles. The Bertz CT molecular complexity index is 843. The number of unbranched alkanes of at least 4 members (excludes halogenated alkanes) is 3. The Hall–Kier alpha value is -2.57. The Morgan fingerprint density at radius 1 is 1.03 bits per heavy atom. The lowest BCUT2D eigenvalue weighted by Gasteiger charge is -2.36. The molecule has 1 atom stereocenters. The normalized spacial score (nSPS) is 17.5. The molecule has 0 spiro atoms. The van der Waals surface area contributed by atoms with Crippen molar-refractivity contribution < 1.29 is 33.7 Å². The lowest BCUT2D eigenvalue weighted by molar-refractivity contribution is -0.162. The molecule has 1 aromatic rings. The molecule has 0 amide bonds. The van der Waals surface area contributed by atoms with Crippen molar-refractivity contribution in [2.24, 2.45) is 0 Å². The Labute approximate surface area is 184 Å². The molecule has 0 unspecified atom stereocenters. The first-order valence-electron chi connectivity index (χ1n) is 11.0. The van der Waals surface area contributed by atoms with Crippen LogP contribution in [0.4, 0.5) is 0 Å². The van der Waals surface area contributed by atoms with Crippen molar-refractivity contribution in [1.29, 1.82) is 0 Å². The average Bonchev–Trinajstić information content (AvgIpc) is 2.73. The van der Waals surface area contributed by atoms with Gasteiger partial charge in [-0.15, -0.1) is 0 Å². The number of aliphatic carboxylic acids is 1. The minimum absolute atomic E-state index is 0.191. The van der Waals surface area contributed by atoms with E-state index in [9.17, 15) is 14.4 Å². The van der Waals surface area contributed by atoms with Gasteiger partial charge in [0.25, 0.3) is 0 Å². The molecule has 1 aliphatic rings. The van der Waals surface area contributed by atoms with E-state index in [2.05, 4.69) is 6.92 Å². The topological polar surface area (TPSA) is 99.1 Å². The molecule has 0 saturated heterocycles. The highest BCUT2D eigenvalue weighted by Gasteiger charge is 2.42. The zero-order chi connectivity index (χ0) is 23.2. The van der Waals surface area contributed by atoms with Crippen LogP contribution in [0.25, 0.3) is 0 Å². The fourth-order valence-electron chi connectivity index (χ4n) is 3.75. The number of ether oxygens (including phenoxy) is 3. The highest BCUT2D eigenvalue weighted by molar-refractivity contribution is 5.81. The summed E-state index contributed by atoms with van der Waals surface area (Å²) in [5, 5.41) is 8.76. The summed E-state index contributed by atoms with van der Waals surface area (Å²) in [4.78, 5) is 35.5. The standard InChI is InChI=1S/C24H34O7/c1-6-7-8-9-14-29-23(28)24(5)13-12-18-17(4)21(15(2)16(3)22(18)31-24)30-20(27)11-10-19(25)26/h6-14H2,1-5H3,(H,25,26)/t24-/m1/s1. The number of carboxylic acid groups (broad SMARTS) is 1. The van der Waals surface area contributed by atoms with E-state index >= 15 is 0 Å². The first-order valence-corrected chi connectivity index (χ1v) is 11.0. The molecule has 172 valence electrons. The van der Waals surface area contributed by atoms with E-state index in [1.165, 1.54) is 0 Å². The van der Waals surface area contributed by atoms with Crippen molar-refractivity contribution in [3.05, 3.63) is 22.3 Å². The first-order chi connectivity index (χ1) is 14.6. The van der Waals surface area contributed by atoms with E-state index in [4.69, 9.17) is 19.3 Å². The summed E-state index contributed by atoms with van der Waals surface area (Å²) in [6.45, 7) is 9.83. The fraction of sp³-hybridized carbons (Fsp3) is 0.625. The molecule has 2 rings (SSSR count). The van der Waals surface area contributed by atoms with Gasteiger partial charge in [0.1, 0.15) is 11.5 Å². The quantitative estimate of drug-likeness (QED) is 0.327. The van der Waals surface area contributed by atoms with Gasteiger partial charge in [-0.05, 0) is 57.2 Å². The van der Waals surface area contributed by atoms with Crippen LogP contribution < -0.4 is 9.47 Å². The predicted octanol–water partition coefficient (Wildman–Crippen LogP) is 4.59. The molecule has 0 bridgehead atoms. The zero-order valence-corrected chi connectivity index (χ0v) is 19.3. The lowest BCUT2D eigenvalue weighted by atomic mass is 9.87. The van der Waals surface area contributed by atoms with Gasteiger partial charge >= 0.3 is 17.9 Å². The molecule has 1 aliphatic heterocycles. The Kier molecular flexibility index (Phi) is 8.48. The van der Waals surface area contributed by atoms with Crippen LogP contribution in [-0.4, -0.2) is 35.2 Å². The number of benzene rings is 1. The van der Waals surface area contributed by atoms with Crippen LogP contribution in [0.3, 0.4) is 0 Å². The van der Waals surface area contributed by atoms with Gasteiger partial charge in [0.15, 0.2) is 0 Å². The van der Waals surface area contributed by atoms with Crippen molar-refractivity contribution in [3.8, 4) is 11.5 Å². The molecule has 0 fully saturated rings. The Morgan fingerprint density at radius 3 is 2.39 bits per heavy atom. The number of carbonyl (C=O) groups is 3. The number of rotatable bonds is 10. The minimum atomic E-state index is -1.05. The molecular formula is C24H34O7. The van der Waals surface area contributed by atoms with Crippen LogP contribution in [0, 0.1) is 20.8 Å². The summed E-state index contributed by atoms with van der Waals surface area (Å²) in [6.07, 6.45) is 4.72. The smallest absolute Gasteiger partial charge is 0.350 e. The van der Waals surface area contributed by atoms with Gasteiger partial charge in [-0.1, -0.05) is 26.2 Å². The largest absolute Gasteiger partial charge is 0.481 e. The van der Waals surface area contributed by atoms with Crippen LogP contribution >= 0.6 is 0 Å². The van der Waals surface area contributed by atoms with E-state index in [1.54, 1.807) is 6.92 Å². The van der Waals surface area contributed by atoms with Gasteiger partial charge < -0.3 is 19.3 Å². The number of hydrogen-bond donors (Lipinski definition) is 1. The van der Waals surface area contributed by atoms with Crippen molar-refractivity contribution >= 4 is 17.9 Å². The summed E-state index contributed by atoms with van der Waals surface area (Å²) in [7, 11) is 0. The van der Waals surface area contributed by atoms with Gasteiger partial charge in [-0.3, -0.25) is 9.59 Å². The summed E-state index contributed by atoms with van der Waals surface area (Å²) in [5.41, 5.74) is 2.15. The molecule has 31 heavy (non-hydrogen) atoms. The van der Waals surface area contributed by atoms with E-state index in [1.807, 2.05) is 20.8 Å². The number of fused-ring (bicyclic) bond motifs is 1. The minimum Gasteiger partial charge on any atom is -0.481 e. The van der Waals surface area contributed by atoms with Crippen LogP contribution in [0.15, 0.2) is 0 Å². The molecule has 0 radical (unpaired) electrons. The second-order valence-electron chi connectivity index (χ2n) is 8.41. The third-order valence-electron chi connectivity index (χ3n) is 5.91. The highest BCUT2D eigenvalue weighted by atomic mass is 16.6. The van der Waals surface area contributed by atoms with Crippen molar-refractivity contribution in [1.82, 2.24) is 0 Å². The summed E-state index contributed by atoms with van der Waals surface area (Å²) >= 11 is 0. The maximum absolute atomic E-state index is 12.7. The van der Waals surface area contributed by atoms with Gasteiger partial charge in [-0.2, -0.15) is 0 Å². The molecule has 1 heterocycles. The Balaban J connectivity index is 2.17. The summed E-state index contributed by atoms with van der Waals surface area (Å²) in [6, 6.07) is 0. The third-order valence-corrected chi connectivity index (χ3v) is 5.91. The molecule has 1 N–H and O–H groups in total. The van der Waals surface area contributed by atoms with E-state index in [-0.39, 0.29) is 18.8 Å². The van der Waals surface area contributed by atoms with Crippen LogP contribution in [0.1, 0.15) is 81.0 Å². The van der Waals surface area contributed by atoms with Gasteiger partial charge in [0, 0.05) is 12.0 Å². The average molecular weight is 435 g/mol. The van der Waals surface area contributed by atoms with E-state index in [0.717, 1.165) is 47.9 Å². The Morgan fingerprint density at radius 2 is 1.74 bits per heavy atom. The number of hydrogen-bond acceptors (Lipinski definition) is 6. The lowest BCUT2D eigenvalue weighted by Crippen LogP contribution is -2.46. The maximum atomic E-state index is 12.7. The summed E-state index contributed by atoms with van der Waals surface area (Å²) in [5.74, 6) is -0.902. The van der Waals surface area contributed by atoms with Gasteiger partial charge in [-0.25, -0.2) is 4.79 Å². The van der Waals surface area contributed by atoms with Crippen LogP contribution in [-0.2, 0) is 25.5 Å². The zero-order valence-electron chi connectivity index (χ0n) is 19.3. The highest BCUT2D eigenvalue weighted by Crippen LogP contribution is 2.44. The monoisotopic (exact) mass is 434 g/mol. The number of carbonyl (C=O) groups excluding carboxylic acids is 2. The second-order valence-corrected chi connectivity index (χ2v) is 8.41. The maximum Gasteiger partial charge on any atom is 0.350 e. The molecule has 7 nitrogen and oxygen atoms in total. The number of esters is 2. The molecular weight excluding hydrogens is 400 g/mol. The van der Waals surface area contributed by atoms with Crippen molar-refractivity contribution in [2.45, 2.75) is 91.6 Å². The molecule has 1 aromatic carbocycles. The van der Waals surface area contributed by atoms with Gasteiger partial charge in [0.2, 0.25) is 5.60 Å². The first kappa shape index (κ1) is 24.7. The molecule has 7 heteroatoms. The SMILES string of the molecule is CCCCCCOC(=O)[C@@]1(C)CCc2c(C)c(OC(=O)CCC(=O)O)c(C)c(C)c2O1. The summed E-state index contributed by atoms with van der Waals surface area (Å²) < 4.78 is 17.2. The van der Waals surface area contributed by atoms with Crippen LogP contribution in [0.2, 0.25) is 0 Å². The van der Waals surface area contributed by atoms with Crippen molar-refractivity contribution in [3.63, 3.8) is 0 Å². The van der Waals surface area contributed by atoms with Crippen molar-refractivity contribution in [2.75, 3.05) is 6.61 Å². The predicted molar refractivity (Wildman–Crippen MR) is 116 cm³/mol. The van der Waals surface area contributed by atoms with Gasteiger partial charge in [0.05, 0.1) is 19.4 Å². The molecule has 0 aromatic heterocycles. The number of carboxylic acids is 1. The van der Waals surface area contributed by atoms with E-state index < -0.39 is 17.5 Å². The molecule has 0 saturated carbocycles. The van der Waals surface area contributed by atoms with Crippen LogP contribution in [0.5, 0.6) is 11.5 Å². The second kappa shape index (κ2) is 10.6. The fourth-order valence-corrected chi connectivity index (χ4v) is 3.75.